The summed E-state index contributed by atoms with van der Waals surface area (Å²) in [4.78, 5) is 12.1. The van der Waals surface area contributed by atoms with E-state index in [1.165, 1.54) is 11.1 Å². The fourth-order valence-electron chi connectivity index (χ4n) is 2.26. The summed E-state index contributed by atoms with van der Waals surface area (Å²) in [6.45, 7) is 8.96. The smallest absolute Gasteiger partial charge is 0.250 e. The largest absolute Gasteiger partial charge is 0.366 e. The molecule has 1 fully saturated rings. The van der Waals surface area contributed by atoms with Crippen LogP contribution in [0.4, 0.5) is 0 Å². The van der Waals surface area contributed by atoms with Crippen molar-refractivity contribution in [3.63, 3.8) is 0 Å². The highest BCUT2D eigenvalue weighted by atomic mass is 16.5. The maximum absolute atomic E-state index is 12.1. The van der Waals surface area contributed by atoms with Crippen LogP contribution in [0.2, 0.25) is 0 Å². The minimum atomic E-state index is -0.363. The molecule has 1 heterocycles. The van der Waals surface area contributed by atoms with Crippen molar-refractivity contribution in [1.82, 2.24) is 10.6 Å². The van der Waals surface area contributed by atoms with E-state index in [0.717, 1.165) is 6.54 Å². The number of carbonyl (C=O) groups excluding carboxylic acids is 1. The van der Waals surface area contributed by atoms with Gasteiger partial charge in [-0.2, -0.15) is 0 Å². The molecule has 1 atom stereocenters. The van der Waals surface area contributed by atoms with E-state index >= 15 is 0 Å². The van der Waals surface area contributed by atoms with E-state index in [0.29, 0.717) is 19.7 Å². The molecule has 1 aliphatic heterocycles. The quantitative estimate of drug-likeness (QED) is 0.873. The lowest BCUT2D eigenvalue weighted by atomic mass is 9.84. The number of carbonyl (C=O) groups is 1. The second-order valence-corrected chi connectivity index (χ2v) is 6.03. The van der Waals surface area contributed by atoms with Gasteiger partial charge in [-0.15, -0.1) is 0 Å². The molecule has 20 heavy (non-hydrogen) atoms. The Morgan fingerprint density at radius 1 is 1.40 bits per heavy atom. The Morgan fingerprint density at radius 2 is 2.10 bits per heavy atom. The number of hydrogen-bond acceptors (Lipinski definition) is 3. The number of nitrogens with one attached hydrogen (secondary N) is 2. The number of rotatable bonds is 4. The lowest BCUT2D eigenvalue weighted by Crippen LogP contribution is -2.49. The third kappa shape index (κ3) is 3.81. The molecular formula is C16H24N2O2. The molecule has 1 aromatic carbocycles. The predicted octanol–water partition coefficient (Wildman–Crippen LogP) is 1.38. The van der Waals surface area contributed by atoms with Crippen molar-refractivity contribution in [1.29, 1.82) is 0 Å². The van der Waals surface area contributed by atoms with Crippen LogP contribution in [0.15, 0.2) is 24.3 Å². The monoisotopic (exact) mass is 276 g/mol. The predicted molar refractivity (Wildman–Crippen MR) is 79.8 cm³/mol. The molecule has 4 heteroatoms. The van der Waals surface area contributed by atoms with E-state index in [9.17, 15) is 4.79 Å². The summed E-state index contributed by atoms with van der Waals surface area (Å²) in [5.74, 6) is -0.0302. The number of amides is 1. The summed E-state index contributed by atoms with van der Waals surface area (Å²) in [6, 6.07) is 8.46. The van der Waals surface area contributed by atoms with Gasteiger partial charge in [0.05, 0.1) is 6.61 Å². The van der Waals surface area contributed by atoms with E-state index in [1.807, 2.05) is 0 Å². The molecule has 0 radical (unpaired) electrons. The zero-order valence-electron chi connectivity index (χ0n) is 12.5. The first kappa shape index (κ1) is 15.0. The Kier molecular flexibility index (Phi) is 4.78. The molecule has 1 saturated heterocycles. The Hall–Kier alpha value is -1.39. The topological polar surface area (TPSA) is 50.4 Å². The lowest BCUT2D eigenvalue weighted by molar-refractivity contribution is -0.134. The fraction of sp³-hybridized carbons (Fsp3) is 0.562. The normalized spacial score (nSPS) is 19.6. The highest BCUT2D eigenvalue weighted by molar-refractivity contribution is 5.81. The van der Waals surface area contributed by atoms with Crippen molar-refractivity contribution in [2.24, 2.45) is 0 Å². The van der Waals surface area contributed by atoms with Gasteiger partial charge in [0.1, 0.15) is 6.10 Å². The van der Waals surface area contributed by atoms with Crippen LogP contribution in [0.25, 0.3) is 0 Å². The zero-order chi connectivity index (χ0) is 14.6. The van der Waals surface area contributed by atoms with Crippen LogP contribution in [0, 0.1) is 6.92 Å². The highest BCUT2D eigenvalue weighted by Crippen LogP contribution is 2.22. The second-order valence-electron chi connectivity index (χ2n) is 6.03. The molecule has 110 valence electrons. The summed E-state index contributed by atoms with van der Waals surface area (Å²) >= 11 is 0. The van der Waals surface area contributed by atoms with Crippen molar-refractivity contribution in [3.8, 4) is 0 Å². The number of aryl methyl sites for hydroxylation is 1. The first-order valence-corrected chi connectivity index (χ1v) is 7.16. The van der Waals surface area contributed by atoms with E-state index in [1.54, 1.807) is 0 Å². The molecule has 1 amide bonds. The lowest BCUT2D eigenvalue weighted by Gasteiger charge is -2.28. The molecule has 1 aliphatic rings. The molecule has 0 aliphatic carbocycles. The summed E-state index contributed by atoms with van der Waals surface area (Å²) in [7, 11) is 0. The number of hydrogen-bond donors (Lipinski definition) is 2. The summed E-state index contributed by atoms with van der Waals surface area (Å²) < 4.78 is 5.45. The van der Waals surface area contributed by atoms with Gasteiger partial charge in [0.15, 0.2) is 0 Å². The third-order valence-corrected chi connectivity index (χ3v) is 3.76. The molecule has 0 saturated carbocycles. The Balaban J connectivity index is 1.91. The van der Waals surface area contributed by atoms with Crippen molar-refractivity contribution in [3.05, 3.63) is 35.4 Å². The number of ether oxygens (including phenoxy) is 1. The van der Waals surface area contributed by atoms with Gasteiger partial charge in [0.2, 0.25) is 5.91 Å². The van der Waals surface area contributed by atoms with E-state index < -0.39 is 0 Å². The zero-order valence-corrected chi connectivity index (χ0v) is 12.5. The number of benzene rings is 1. The number of morpholine rings is 1. The van der Waals surface area contributed by atoms with E-state index in [-0.39, 0.29) is 17.4 Å². The van der Waals surface area contributed by atoms with Crippen LogP contribution >= 0.6 is 0 Å². The standard InChI is InChI=1S/C16H24N2O2/c1-12-4-6-13(7-5-12)16(2,3)11-18-15(19)14-10-17-8-9-20-14/h4-7,14,17H,8-11H2,1-3H3,(H,18,19). The Morgan fingerprint density at radius 3 is 2.70 bits per heavy atom. The average Bonchev–Trinajstić information content (AvgIpc) is 2.46. The molecule has 0 aromatic heterocycles. The molecule has 4 nitrogen and oxygen atoms in total. The van der Waals surface area contributed by atoms with Crippen LogP contribution in [-0.2, 0) is 14.9 Å². The van der Waals surface area contributed by atoms with Crippen molar-refractivity contribution >= 4 is 5.91 Å². The average molecular weight is 276 g/mol. The van der Waals surface area contributed by atoms with Crippen LogP contribution < -0.4 is 10.6 Å². The van der Waals surface area contributed by atoms with Crippen molar-refractivity contribution in [2.75, 3.05) is 26.2 Å². The van der Waals surface area contributed by atoms with Crippen LogP contribution in [-0.4, -0.2) is 38.3 Å². The van der Waals surface area contributed by atoms with Crippen molar-refractivity contribution < 1.29 is 9.53 Å². The fourth-order valence-corrected chi connectivity index (χ4v) is 2.26. The van der Waals surface area contributed by atoms with Crippen LogP contribution in [0.1, 0.15) is 25.0 Å². The summed E-state index contributed by atoms with van der Waals surface area (Å²) in [5.41, 5.74) is 2.38. The Labute approximate surface area is 120 Å². The summed E-state index contributed by atoms with van der Waals surface area (Å²) in [6.07, 6.45) is -0.363. The Bertz CT molecular complexity index is 448. The molecule has 0 spiro atoms. The minimum absolute atomic E-state index is 0.0302. The van der Waals surface area contributed by atoms with E-state index in [4.69, 9.17) is 4.74 Å². The second kappa shape index (κ2) is 6.37. The molecule has 0 bridgehead atoms. The minimum Gasteiger partial charge on any atom is -0.366 e. The first-order valence-electron chi connectivity index (χ1n) is 7.16. The van der Waals surface area contributed by atoms with Gasteiger partial charge >= 0.3 is 0 Å². The van der Waals surface area contributed by atoms with Gasteiger partial charge in [-0.05, 0) is 12.5 Å². The molecular weight excluding hydrogens is 252 g/mol. The van der Waals surface area contributed by atoms with Gasteiger partial charge in [-0.3, -0.25) is 4.79 Å². The molecule has 1 aromatic rings. The van der Waals surface area contributed by atoms with Gasteiger partial charge in [-0.25, -0.2) is 0 Å². The maximum atomic E-state index is 12.1. The molecule has 2 rings (SSSR count). The van der Waals surface area contributed by atoms with Crippen LogP contribution in [0.3, 0.4) is 0 Å². The summed E-state index contributed by atoms with van der Waals surface area (Å²) in [5, 5.41) is 6.17. The molecule has 1 unspecified atom stereocenters. The maximum Gasteiger partial charge on any atom is 0.250 e. The van der Waals surface area contributed by atoms with Gasteiger partial charge < -0.3 is 15.4 Å². The van der Waals surface area contributed by atoms with Gasteiger partial charge in [-0.1, -0.05) is 43.7 Å². The van der Waals surface area contributed by atoms with Gasteiger partial charge in [0, 0.05) is 25.0 Å². The van der Waals surface area contributed by atoms with Crippen molar-refractivity contribution in [2.45, 2.75) is 32.3 Å². The first-order chi connectivity index (χ1) is 9.49. The van der Waals surface area contributed by atoms with Gasteiger partial charge in [0.25, 0.3) is 0 Å². The van der Waals surface area contributed by atoms with E-state index in [2.05, 4.69) is 55.7 Å². The third-order valence-electron chi connectivity index (χ3n) is 3.76. The van der Waals surface area contributed by atoms with Crippen LogP contribution in [0.5, 0.6) is 0 Å². The molecule has 2 N–H and O–H groups in total. The highest BCUT2D eigenvalue weighted by Gasteiger charge is 2.25. The SMILES string of the molecule is Cc1ccc(C(C)(C)CNC(=O)C2CNCCO2)cc1.